The Kier molecular flexibility index (Phi) is 10.6. The van der Waals surface area contributed by atoms with Crippen LogP contribution in [-0.4, -0.2) is 54.4 Å². The number of carbonyl (C=O) groups is 1. The van der Waals surface area contributed by atoms with Crippen LogP contribution in [0.25, 0.3) is 0 Å². The van der Waals surface area contributed by atoms with Crippen molar-refractivity contribution in [1.82, 2.24) is 4.90 Å². The van der Waals surface area contributed by atoms with Crippen molar-refractivity contribution in [3.05, 3.63) is 29.8 Å². The number of benzene rings is 1. The number of amides is 1. The Balaban J connectivity index is 0.00000182. The third kappa shape index (κ3) is 7.22. The molecule has 2 aliphatic heterocycles. The van der Waals surface area contributed by atoms with Gasteiger partial charge >= 0.3 is 0 Å². The Bertz CT molecular complexity index is 577. The van der Waals surface area contributed by atoms with E-state index in [1.165, 1.54) is 0 Å². The van der Waals surface area contributed by atoms with Crippen LogP contribution in [0.4, 0.5) is 5.69 Å². The van der Waals surface area contributed by atoms with Crippen LogP contribution in [0.15, 0.2) is 24.3 Å². The average molecular weight is 420 g/mol. The summed E-state index contributed by atoms with van der Waals surface area (Å²) in [6.07, 6.45) is 3.19. The number of anilines is 1. The van der Waals surface area contributed by atoms with Crippen molar-refractivity contribution >= 4 is 36.4 Å². The number of halogens is 2. The van der Waals surface area contributed by atoms with Crippen molar-refractivity contribution in [2.75, 3.05) is 31.6 Å². The van der Waals surface area contributed by atoms with Crippen LogP contribution >= 0.6 is 24.8 Å². The van der Waals surface area contributed by atoms with E-state index in [0.717, 1.165) is 56.6 Å². The Morgan fingerprint density at radius 1 is 1.22 bits per heavy atom. The summed E-state index contributed by atoms with van der Waals surface area (Å²) in [6, 6.07) is 7.46. The fraction of sp³-hybridized carbons (Fsp3) is 0.632. The predicted octanol–water partition coefficient (Wildman–Crippen LogP) is 2.18. The molecule has 1 aromatic carbocycles. The Labute approximate surface area is 173 Å². The molecule has 2 aliphatic rings. The van der Waals surface area contributed by atoms with Gasteiger partial charge in [-0.3, -0.25) is 9.69 Å². The summed E-state index contributed by atoms with van der Waals surface area (Å²) >= 11 is 0. The molecule has 27 heavy (non-hydrogen) atoms. The summed E-state index contributed by atoms with van der Waals surface area (Å²) in [5.74, 6) is 0.0712. The minimum Gasteiger partial charge on any atom is -0.393 e. The number of ether oxygens (including phenoxy) is 1. The molecule has 0 radical (unpaired) electrons. The highest BCUT2D eigenvalue weighted by Crippen LogP contribution is 2.20. The maximum Gasteiger partial charge on any atom is 0.241 e. The molecule has 0 spiro atoms. The smallest absolute Gasteiger partial charge is 0.241 e. The van der Waals surface area contributed by atoms with Gasteiger partial charge in [-0.05, 0) is 49.3 Å². The van der Waals surface area contributed by atoms with Gasteiger partial charge in [0.2, 0.25) is 5.91 Å². The summed E-state index contributed by atoms with van der Waals surface area (Å²) in [4.78, 5) is 14.8. The van der Waals surface area contributed by atoms with E-state index in [1.54, 1.807) is 0 Å². The molecule has 6 nitrogen and oxygen atoms in total. The van der Waals surface area contributed by atoms with Crippen LogP contribution < -0.4 is 11.1 Å². The summed E-state index contributed by atoms with van der Waals surface area (Å²) < 4.78 is 5.33. The van der Waals surface area contributed by atoms with E-state index in [0.29, 0.717) is 13.2 Å². The number of rotatable bonds is 5. The molecular weight excluding hydrogens is 389 g/mol. The van der Waals surface area contributed by atoms with Gasteiger partial charge in [0.25, 0.3) is 0 Å². The fourth-order valence-electron chi connectivity index (χ4n) is 3.60. The third-order valence-electron chi connectivity index (χ3n) is 5.23. The Morgan fingerprint density at radius 2 is 1.89 bits per heavy atom. The summed E-state index contributed by atoms with van der Waals surface area (Å²) in [5.41, 5.74) is 8.10. The molecule has 0 aliphatic carbocycles. The number of carbonyl (C=O) groups excluding carboxylic acids is 1. The number of piperidine rings is 1. The highest BCUT2D eigenvalue weighted by Gasteiger charge is 2.26. The summed E-state index contributed by atoms with van der Waals surface area (Å²) in [6.45, 7) is 4.03. The zero-order valence-corrected chi connectivity index (χ0v) is 17.1. The molecule has 154 valence electrons. The number of likely N-dealkylation sites (tertiary alicyclic amines) is 1. The molecule has 3 rings (SSSR count). The zero-order chi connectivity index (χ0) is 17.6. The second-order valence-electron chi connectivity index (χ2n) is 7.17. The molecule has 0 aromatic heterocycles. The van der Waals surface area contributed by atoms with E-state index in [9.17, 15) is 9.90 Å². The van der Waals surface area contributed by atoms with Crippen molar-refractivity contribution in [3.8, 4) is 0 Å². The number of nitrogens with two attached hydrogens (primary N) is 1. The first-order chi connectivity index (χ1) is 12.1. The number of hydrogen-bond acceptors (Lipinski definition) is 5. The van der Waals surface area contributed by atoms with Gasteiger partial charge in [0.15, 0.2) is 0 Å². The lowest BCUT2D eigenvalue weighted by atomic mass is 9.92. The first-order valence-electron chi connectivity index (χ1n) is 9.25. The number of aliphatic hydroxyl groups excluding tert-OH is 1. The fourth-order valence-corrected chi connectivity index (χ4v) is 3.60. The quantitative estimate of drug-likeness (QED) is 0.680. The molecule has 8 heteroatoms. The molecular formula is C19H31Cl2N3O3. The number of nitrogens with zero attached hydrogens (tertiary/aromatic N) is 1. The molecule has 2 fully saturated rings. The van der Waals surface area contributed by atoms with E-state index in [2.05, 4.69) is 16.3 Å². The zero-order valence-electron chi connectivity index (χ0n) is 15.5. The molecule has 4 N–H and O–H groups in total. The van der Waals surface area contributed by atoms with Gasteiger partial charge in [0.1, 0.15) is 0 Å². The maximum absolute atomic E-state index is 12.4. The van der Waals surface area contributed by atoms with Crippen LogP contribution in [-0.2, 0) is 16.1 Å². The van der Waals surface area contributed by atoms with E-state index in [-0.39, 0.29) is 42.7 Å². The molecule has 1 amide bonds. The highest BCUT2D eigenvalue weighted by molar-refractivity contribution is 5.94. The van der Waals surface area contributed by atoms with Crippen LogP contribution in [0, 0.1) is 5.92 Å². The molecule has 2 heterocycles. The molecule has 2 saturated heterocycles. The molecule has 0 bridgehead atoms. The van der Waals surface area contributed by atoms with Crippen molar-refractivity contribution in [2.24, 2.45) is 11.7 Å². The molecule has 0 saturated carbocycles. The second-order valence-corrected chi connectivity index (χ2v) is 7.17. The van der Waals surface area contributed by atoms with E-state index < -0.39 is 6.04 Å². The SMILES string of the molecule is Cl.Cl.NC(C(=O)Nc1cccc(CN2CCC(O)CC2)c1)C1CCOCC1. The molecule has 1 atom stereocenters. The first-order valence-corrected chi connectivity index (χ1v) is 9.25. The van der Waals surface area contributed by atoms with Crippen molar-refractivity contribution in [3.63, 3.8) is 0 Å². The predicted molar refractivity (Wildman–Crippen MR) is 112 cm³/mol. The lowest BCUT2D eigenvalue weighted by Gasteiger charge is -2.29. The standard InChI is InChI=1S/C19H29N3O3.2ClH/c20-18(15-6-10-25-11-7-15)19(24)21-16-3-1-2-14(12-16)13-22-8-4-17(23)5-9-22;;/h1-3,12,15,17-18,23H,4-11,13,20H2,(H,21,24);2*1H. The average Bonchev–Trinajstić information content (AvgIpc) is 2.64. The normalized spacial score (nSPS) is 20.2. The number of aliphatic hydroxyl groups is 1. The Hall–Kier alpha value is -0.890. The summed E-state index contributed by atoms with van der Waals surface area (Å²) in [7, 11) is 0. The molecule has 1 aromatic rings. The lowest BCUT2D eigenvalue weighted by molar-refractivity contribution is -0.119. The van der Waals surface area contributed by atoms with Crippen LogP contribution in [0.2, 0.25) is 0 Å². The topological polar surface area (TPSA) is 87.8 Å². The minimum atomic E-state index is -0.490. The monoisotopic (exact) mass is 419 g/mol. The van der Waals surface area contributed by atoms with Crippen molar-refractivity contribution in [1.29, 1.82) is 0 Å². The van der Waals surface area contributed by atoms with Crippen molar-refractivity contribution < 1.29 is 14.6 Å². The van der Waals surface area contributed by atoms with Crippen LogP contribution in [0.1, 0.15) is 31.2 Å². The van der Waals surface area contributed by atoms with E-state index in [4.69, 9.17) is 10.5 Å². The van der Waals surface area contributed by atoms with Gasteiger partial charge in [-0.2, -0.15) is 0 Å². The Morgan fingerprint density at radius 3 is 2.56 bits per heavy atom. The summed E-state index contributed by atoms with van der Waals surface area (Å²) in [5, 5.41) is 12.6. The van der Waals surface area contributed by atoms with Gasteiger partial charge in [0, 0.05) is 38.5 Å². The largest absolute Gasteiger partial charge is 0.393 e. The highest BCUT2D eigenvalue weighted by atomic mass is 35.5. The van der Waals surface area contributed by atoms with Crippen LogP contribution in [0.3, 0.4) is 0 Å². The van der Waals surface area contributed by atoms with E-state index in [1.807, 2.05) is 18.2 Å². The minimum absolute atomic E-state index is 0. The first kappa shape index (κ1) is 24.1. The molecule has 1 unspecified atom stereocenters. The van der Waals surface area contributed by atoms with Gasteiger partial charge in [0.05, 0.1) is 12.1 Å². The number of nitrogens with one attached hydrogen (secondary N) is 1. The van der Waals surface area contributed by atoms with Gasteiger partial charge in [-0.15, -0.1) is 24.8 Å². The van der Waals surface area contributed by atoms with Crippen molar-refractivity contribution in [2.45, 2.75) is 44.4 Å². The van der Waals surface area contributed by atoms with E-state index >= 15 is 0 Å². The van der Waals surface area contributed by atoms with Crippen LogP contribution in [0.5, 0.6) is 0 Å². The van der Waals surface area contributed by atoms with Gasteiger partial charge < -0.3 is 20.9 Å². The van der Waals surface area contributed by atoms with Gasteiger partial charge in [-0.25, -0.2) is 0 Å². The maximum atomic E-state index is 12.4. The number of hydrogen-bond donors (Lipinski definition) is 3. The third-order valence-corrected chi connectivity index (χ3v) is 5.23. The lowest BCUT2D eigenvalue weighted by Crippen LogP contribution is -2.44. The van der Waals surface area contributed by atoms with Gasteiger partial charge in [-0.1, -0.05) is 12.1 Å². The second kappa shape index (κ2) is 11.8.